The Kier molecular flexibility index (Phi) is 2.37. The SMILES string of the molecule is Oc1cc2cccnc2cc1OC(F)F. The first-order valence-electron chi connectivity index (χ1n) is 4.19. The fourth-order valence-corrected chi connectivity index (χ4v) is 1.28. The Morgan fingerprint density at radius 2 is 2.13 bits per heavy atom. The number of phenolic OH excluding ortho intramolecular Hbond substituents is 1. The normalized spacial score (nSPS) is 10.9. The van der Waals surface area contributed by atoms with Gasteiger partial charge in [-0.25, -0.2) is 0 Å². The molecule has 78 valence electrons. The average molecular weight is 211 g/mol. The van der Waals surface area contributed by atoms with Crippen LogP contribution in [0.4, 0.5) is 8.78 Å². The lowest BCUT2D eigenvalue weighted by Crippen LogP contribution is -2.02. The van der Waals surface area contributed by atoms with E-state index in [9.17, 15) is 13.9 Å². The number of hydrogen-bond acceptors (Lipinski definition) is 3. The van der Waals surface area contributed by atoms with Crippen molar-refractivity contribution in [1.29, 1.82) is 0 Å². The van der Waals surface area contributed by atoms with Crippen molar-refractivity contribution in [3.8, 4) is 11.5 Å². The van der Waals surface area contributed by atoms with Gasteiger partial charge in [0.05, 0.1) is 5.52 Å². The van der Waals surface area contributed by atoms with Gasteiger partial charge in [-0.05, 0) is 12.1 Å². The highest BCUT2D eigenvalue weighted by Gasteiger charge is 2.10. The van der Waals surface area contributed by atoms with E-state index in [1.165, 1.54) is 18.3 Å². The first kappa shape index (κ1) is 9.64. The van der Waals surface area contributed by atoms with E-state index in [-0.39, 0.29) is 11.5 Å². The number of halogens is 2. The molecule has 0 aliphatic rings. The Morgan fingerprint density at radius 3 is 2.87 bits per heavy atom. The van der Waals surface area contributed by atoms with Crippen molar-refractivity contribution in [3.05, 3.63) is 30.5 Å². The number of rotatable bonds is 2. The van der Waals surface area contributed by atoms with Crippen LogP contribution < -0.4 is 4.74 Å². The van der Waals surface area contributed by atoms with Crippen LogP contribution >= 0.6 is 0 Å². The molecule has 1 N–H and O–H groups in total. The second-order valence-electron chi connectivity index (χ2n) is 2.89. The molecule has 0 amide bonds. The maximum atomic E-state index is 11.9. The van der Waals surface area contributed by atoms with Crippen molar-refractivity contribution in [2.45, 2.75) is 6.61 Å². The van der Waals surface area contributed by atoms with Gasteiger partial charge in [-0.2, -0.15) is 8.78 Å². The Morgan fingerprint density at radius 1 is 1.33 bits per heavy atom. The molecular formula is C10H7F2NO2. The minimum absolute atomic E-state index is 0.267. The van der Waals surface area contributed by atoms with Gasteiger partial charge in [-0.15, -0.1) is 0 Å². The molecule has 0 unspecified atom stereocenters. The van der Waals surface area contributed by atoms with Crippen LogP contribution in [0.5, 0.6) is 11.5 Å². The highest BCUT2D eigenvalue weighted by Crippen LogP contribution is 2.31. The number of benzene rings is 1. The summed E-state index contributed by atoms with van der Waals surface area (Å²) in [4.78, 5) is 3.95. The first-order chi connectivity index (χ1) is 7.16. The highest BCUT2D eigenvalue weighted by atomic mass is 19.3. The number of pyridine rings is 1. The number of fused-ring (bicyclic) bond motifs is 1. The van der Waals surface area contributed by atoms with E-state index in [4.69, 9.17) is 0 Å². The van der Waals surface area contributed by atoms with Crippen molar-refractivity contribution >= 4 is 10.9 Å². The number of ether oxygens (including phenoxy) is 1. The van der Waals surface area contributed by atoms with Crippen LogP contribution in [-0.4, -0.2) is 16.7 Å². The Labute approximate surface area is 83.9 Å². The predicted molar refractivity (Wildman–Crippen MR) is 50.0 cm³/mol. The largest absolute Gasteiger partial charge is 0.504 e. The molecule has 0 saturated carbocycles. The molecule has 0 saturated heterocycles. The second kappa shape index (κ2) is 3.68. The summed E-state index contributed by atoms with van der Waals surface area (Å²) in [6.07, 6.45) is 1.53. The molecule has 0 spiro atoms. The van der Waals surface area contributed by atoms with Crippen molar-refractivity contribution in [2.75, 3.05) is 0 Å². The molecule has 1 aromatic heterocycles. The van der Waals surface area contributed by atoms with Crippen LogP contribution in [0.1, 0.15) is 0 Å². The van der Waals surface area contributed by atoms with Crippen LogP contribution in [0.15, 0.2) is 30.5 Å². The molecule has 0 atom stereocenters. The molecule has 1 heterocycles. The van der Waals surface area contributed by atoms with E-state index in [1.807, 2.05) is 0 Å². The molecule has 3 nitrogen and oxygen atoms in total. The molecule has 0 aliphatic heterocycles. The summed E-state index contributed by atoms with van der Waals surface area (Å²) in [5, 5.41) is 10.0. The number of alkyl halides is 2. The van der Waals surface area contributed by atoms with E-state index < -0.39 is 6.61 Å². The quantitative estimate of drug-likeness (QED) is 0.829. The van der Waals surface area contributed by atoms with Gasteiger partial charge in [0.25, 0.3) is 0 Å². The summed E-state index contributed by atoms with van der Waals surface area (Å²) >= 11 is 0. The van der Waals surface area contributed by atoms with Crippen LogP contribution in [-0.2, 0) is 0 Å². The van der Waals surface area contributed by atoms with Gasteiger partial charge in [0.1, 0.15) is 0 Å². The minimum atomic E-state index is -2.96. The number of phenols is 1. The maximum absolute atomic E-state index is 11.9. The van der Waals surface area contributed by atoms with Crippen LogP contribution in [0.25, 0.3) is 10.9 Å². The summed E-state index contributed by atoms with van der Waals surface area (Å²) in [7, 11) is 0. The minimum Gasteiger partial charge on any atom is -0.504 e. The summed E-state index contributed by atoms with van der Waals surface area (Å²) in [6, 6.07) is 6.01. The Balaban J connectivity index is 2.52. The zero-order valence-electron chi connectivity index (χ0n) is 7.52. The van der Waals surface area contributed by atoms with Gasteiger partial charge in [-0.3, -0.25) is 4.98 Å². The maximum Gasteiger partial charge on any atom is 0.387 e. The molecule has 5 heteroatoms. The topological polar surface area (TPSA) is 42.4 Å². The Hall–Kier alpha value is -1.91. The molecule has 0 bridgehead atoms. The van der Waals surface area contributed by atoms with E-state index in [1.54, 1.807) is 12.1 Å². The zero-order valence-corrected chi connectivity index (χ0v) is 7.52. The summed E-state index contributed by atoms with van der Waals surface area (Å²) in [5.41, 5.74) is 0.492. The van der Waals surface area contributed by atoms with Crippen LogP contribution in [0.2, 0.25) is 0 Å². The first-order valence-corrected chi connectivity index (χ1v) is 4.19. The van der Waals surface area contributed by atoms with Crippen molar-refractivity contribution in [2.24, 2.45) is 0 Å². The smallest absolute Gasteiger partial charge is 0.387 e. The van der Waals surface area contributed by atoms with Gasteiger partial charge in [0, 0.05) is 17.6 Å². The highest BCUT2D eigenvalue weighted by molar-refractivity contribution is 5.82. The van der Waals surface area contributed by atoms with Crippen molar-refractivity contribution in [3.63, 3.8) is 0 Å². The van der Waals surface area contributed by atoms with Gasteiger partial charge < -0.3 is 9.84 Å². The van der Waals surface area contributed by atoms with E-state index in [2.05, 4.69) is 9.72 Å². The lowest BCUT2D eigenvalue weighted by atomic mass is 10.2. The summed E-state index contributed by atoms with van der Waals surface area (Å²) in [5.74, 6) is -0.591. The predicted octanol–water partition coefficient (Wildman–Crippen LogP) is 2.54. The molecular weight excluding hydrogens is 204 g/mol. The molecule has 0 fully saturated rings. The van der Waals surface area contributed by atoms with E-state index in [0.29, 0.717) is 10.9 Å². The third kappa shape index (κ3) is 1.96. The molecule has 2 rings (SSSR count). The van der Waals surface area contributed by atoms with Crippen molar-refractivity contribution < 1.29 is 18.6 Å². The molecule has 0 radical (unpaired) electrons. The molecule has 0 aliphatic carbocycles. The van der Waals surface area contributed by atoms with Gasteiger partial charge in [0.15, 0.2) is 11.5 Å². The number of aromatic hydroxyl groups is 1. The third-order valence-electron chi connectivity index (χ3n) is 1.90. The fourth-order valence-electron chi connectivity index (χ4n) is 1.28. The van der Waals surface area contributed by atoms with E-state index in [0.717, 1.165) is 0 Å². The lowest BCUT2D eigenvalue weighted by Gasteiger charge is -2.07. The van der Waals surface area contributed by atoms with Crippen LogP contribution in [0, 0.1) is 0 Å². The number of aromatic nitrogens is 1. The van der Waals surface area contributed by atoms with Gasteiger partial charge >= 0.3 is 6.61 Å². The van der Waals surface area contributed by atoms with Gasteiger partial charge in [-0.1, -0.05) is 6.07 Å². The van der Waals surface area contributed by atoms with Crippen LogP contribution in [0.3, 0.4) is 0 Å². The molecule has 2 aromatic rings. The standard InChI is InChI=1S/C10H7F2NO2/c11-10(12)15-9-5-7-6(4-8(9)14)2-1-3-13-7/h1-5,10,14H. The summed E-state index contributed by atoms with van der Waals surface area (Å²) in [6.45, 7) is -2.96. The van der Waals surface area contributed by atoms with E-state index >= 15 is 0 Å². The second-order valence-corrected chi connectivity index (χ2v) is 2.89. The van der Waals surface area contributed by atoms with Gasteiger partial charge in [0.2, 0.25) is 0 Å². The summed E-state index contributed by atoms with van der Waals surface area (Å²) < 4.78 is 28.0. The molecule has 15 heavy (non-hydrogen) atoms. The fraction of sp³-hybridized carbons (Fsp3) is 0.100. The zero-order chi connectivity index (χ0) is 10.8. The Bertz CT molecular complexity index is 488. The monoisotopic (exact) mass is 211 g/mol. The molecule has 1 aromatic carbocycles. The average Bonchev–Trinajstić information content (AvgIpc) is 2.18. The number of hydrogen-bond donors (Lipinski definition) is 1. The third-order valence-corrected chi connectivity index (χ3v) is 1.90. The van der Waals surface area contributed by atoms with Crippen molar-refractivity contribution in [1.82, 2.24) is 4.98 Å². The lowest BCUT2D eigenvalue weighted by molar-refractivity contribution is -0.0511. The number of nitrogens with zero attached hydrogens (tertiary/aromatic N) is 1.